The molecular weight excluding hydrogens is 302 g/mol. The van der Waals surface area contributed by atoms with Crippen LogP contribution in [0.3, 0.4) is 0 Å². The molecule has 2 aromatic rings. The molecule has 1 N–H and O–H groups in total. The van der Waals surface area contributed by atoms with Gasteiger partial charge in [-0.05, 0) is 29.8 Å². The lowest BCUT2D eigenvalue weighted by molar-refractivity contribution is 0.174. The average Bonchev–Trinajstić information content (AvgIpc) is 2.41. The fourth-order valence-electron chi connectivity index (χ4n) is 2.02. The van der Waals surface area contributed by atoms with Gasteiger partial charge in [-0.2, -0.15) is 0 Å². The molecule has 0 aliphatic heterocycles. The van der Waals surface area contributed by atoms with Gasteiger partial charge in [0.2, 0.25) is 0 Å². The first-order valence-corrected chi connectivity index (χ1v) is 6.73. The van der Waals surface area contributed by atoms with Gasteiger partial charge in [0.05, 0.1) is 18.2 Å². The van der Waals surface area contributed by atoms with E-state index in [1.54, 1.807) is 24.3 Å². The monoisotopic (exact) mass is 314 g/mol. The zero-order valence-corrected chi connectivity index (χ0v) is 12.2. The summed E-state index contributed by atoms with van der Waals surface area (Å²) < 4.78 is 18.2. The molecule has 0 saturated carbocycles. The van der Waals surface area contributed by atoms with Crippen LogP contribution in [0.5, 0.6) is 5.75 Å². The quantitative estimate of drug-likeness (QED) is 0.905. The normalized spacial score (nSPS) is 12.2. The van der Waals surface area contributed by atoms with Crippen LogP contribution in [-0.4, -0.2) is 12.2 Å². The van der Waals surface area contributed by atoms with Crippen LogP contribution in [0.1, 0.15) is 17.2 Å². The Labute approximate surface area is 126 Å². The Hall–Kier alpha value is -1.29. The molecule has 0 saturated heterocycles. The molecule has 20 heavy (non-hydrogen) atoms. The Balaban J connectivity index is 2.30. The highest BCUT2D eigenvalue weighted by Crippen LogP contribution is 2.34. The largest absolute Gasteiger partial charge is 0.496 e. The van der Waals surface area contributed by atoms with Crippen LogP contribution in [0.2, 0.25) is 10.0 Å². The van der Waals surface area contributed by atoms with Gasteiger partial charge in [0.1, 0.15) is 11.6 Å². The Kier molecular flexibility index (Phi) is 4.86. The predicted octanol–water partition coefficient (Wildman–Crippen LogP) is 4.42. The standard InChI is InChI=1S/C15H13Cl2FO2/c1-20-14-4-2-3-11(16)15(14)13(19)7-9-5-6-10(18)8-12(9)17/h2-6,8,13,19H,7H2,1H3. The number of ether oxygens (including phenoxy) is 1. The van der Waals surface area contributed by atoms with Gasteiger partial charge in [-0.15, -0.1) is 0 Å². The van der Waals surface area contributed by atoms with E-state index < -0.39 is 11.9 Å². The summed E-state index contributed by atoms with van der Waals surface area (Å²) in [5.74, 6) is 0.0896. The molecule has 0 amide bonds. The fraction of sp³-hybridized carbons (Fsp3) is 0.200. The summed E-state index contributed by atoms with van der Waals surface area (Å²) in [4.78, 5) is 0. The molecule has 0 aliphatic carbocycles. The van der Waals surface area contributed by atoms with Gasteiger partial charge in [0, 0.05) is 17.0 Å². The minimum Gasteiger partial charge on any atom is -0.496 e. The topological polar surface area (TPSA) is 29.5 Å². The average molecular weight is 315 g/mol. The van der Waals surface area contributed by atoms with E-state index in [1.807, 2.05) is 0 Å². The van der Waals surface area contributed by atoms with E-state index >= 15 is 0 Å². The highest BCUT2D eigenvalue weighted by atomic mass is 35.5. The smallest absolute Gasteiger partial charge is 0.126 e. The van der Waals surface area contributed by atoms with Crippen molar-refractivity contribution in [3.05, 3.63) is 63.4 Å². The van der Waals surface area contributed by atoms with E-state index in [9.17, 15) is 9.50 Å². The maximum absolute atomic E-state index is 13.0. The van der Waals surface area contributed by atoms with Crippen molar-refractivity contribution >= 4 is 23.2 Å². The highest BCUT2D eigenvalue weighted by molar-refractivity contribution is 6.32. The number of aliphatic hydroxyl groups excluding tert-OH is 1. The van der Waals surface area contributed by atoms with E-state index in [2.05, 4.69) is 0 Å². The summed E-state index contributed by atoms with van der Waals surface area (Å²) in [5.41, 5.74) is 1.14. The lowest BCUT2D eigenvalue weighted by atomic mass is 10.0. The Bertz CT molecular complexity index is 617. The van der Waals surface area contributed by atoms with Crippen LogP contribution in [0.25, 0.3) is 0 Å². The van der Waals surface area contributed by atoms with Crippen molar-refractivity contribution in [1.29, 1.82) is 0 Å². The maximum atomic E-state index is 13.0. The zero-order valence-electron chi connectivity index (χ0n) is 10.7. The van der Waals surface area contributed by atoms with Gasteiger partial charge in [-0.1, -0.05) is 35.3 Å². The number of aliphatic hydroxyl groups is 1. The molecule has 106 valence electrons. The van der Waals surface area contributed by atoms with Crippen molar-refractivity contribution in [2.45, 2.75) is 12.5 Å². The lowest BCUT2D eigenvalue weighted by Crippen LogP contribution is -2.05. The molecule has 1 unspecified atom stereocenters. The van der Waals surface area contributed by atoms with Crippen molar-refractivity contribution in [3.63, 3.8) is 0 Å². The summed E-state index contributed by atoms with van der Waals surface area (Å²) >= 11 is 12.1. The molecular formula is C15H13Cl2FO2. The molecule has 0 aliphatic rings. The third-order valence-electron chi connectivity index (χ3n) is 2.99. The molecule has 2 rings (SSSR count). The SMILES string of the molecule is COc1cccc(Cl)c1C(O)Cc1ccc(F)cc1Cl. The molecule has 0 spiro atoms. The van der Waals surface area contributed by atoms with Gasteiger partial charge in [-0.3, -0.25) is 0 Å². The second kappa shape index (κ2) is 6.44. The van der Waals surface area contributed by atoms with Gasteiger partial charge in [-0.25, -0.2) is 4.39 Å². The van der Waals surface area contributed by atoms with Crippen LogP contribution in [0.4, 0.5) is 4.39 Å². The second-order valence-electron chi connectivity index (χ2n) is 4.31. The molecule has 0 aromatic heterocycles. The van der Waals surface area contributed by atoms with Crippen LogP contribution >= 0.6 is 23.2 Å². The third kappa shape index (κ3) is 3.23. The van der Waals surface area contributed by atoms with Crippen molar-refractivity contribution in [1.82, 2.24) is 0 Å². The van der Waals surface area contributed by atoms with Gasteiger partial charge in [0.15, 0.2) is 0 Å². The Morgan fingerprint density at radius 3 is 2.60 bits per heavy atom. The molecule has 2 aromatic carbocycles. The Morgan fingerprint density at radius 1 is 1.20 bits per heavy atom. The van der Waals surface area contributed by atoms with E-state index in [4.69, 9.17) is 27.9 Å². The van der Waals surface area contributed by atoms with Crippen LogP contribution in [-0.2, 0) is 6.42 Å². The molecule has 0 heterocycles. The summed E-state index contributed by atoms with van der Waals surface area (Å²) in [7, 11) is 1.51. The number of rotatable bonds is 4. The van der Waals surface area contributed by atoms with Crippen LogP contribution in [0, 0.1) is 5.82 Å². The number of hydrogen-bond donors (Lipinski definition) is 1. The van der Waals surface area contributed by atoms with Crippen molar-refractivity contribution in [2.75, 3.05) is 7.11 Å². The molecule has 5 heteroatoms. The summed E-state index contributed by atoms with van der Waals surface area (Å²) in [6.45, 7) is 0. The molecule has 0 fully saturated rings. The number of halogens is 3. The maximum Gasteiger partial charge on any atom is 0.126 e. The lowest BCUT2D eigenvalue weighted by Gasteiger charge is -2.17. The fourth-order valence-corrected chi connectivity index (χ4v) is 2.55. The van der Waals surface area contributed by atoms with Gasteiger partial charge < -0.3 is 9.84 Å². The van der Waals surface area contributed by atoms with E-state index in [0.717, 1.165) is 0 Å². The van der Waals surface area contributed by atoms with Crippen molar-refractivity contribution < 1.29 is 14.2 Å². The predicted molar refractivity (Wildman–Crippen MR) is 78.1 cm³/mol. The first-order valence-electron chi connectivity index (χ1n) is 5.97. The second-order valence-corrected chi connectivity index (χ2v) is 5.13. The van der Waals surface area contributed by atoms with E-state index in [0.29, 0.717) is 21.9 Å². The van der Waals surface area contributed by atoms with Gasteiger partial charge in [0.25, 0.3) is 0 Å². The summed E-state index contributed by atoms with van der Waals surface area (Å²) in [6.07, 6.45) is -0.666. The number of methoxy groups -OCH3 is 1. The highest BCUT2D eigenvalue weighted by Gasteiger charge is 2.18. The van der Waals surface area contributed by atoms with Crippen LogP contribution in [0.15, 0.2) is 36.4 Å². The molecule has 2 nitrogen and oxygen atoms in total. The zero-order chi connectivity index (χ0) is 14.7. The molecule has 1 atom stereocenters. The minimum atomic E-state index is -0.887. The first kappa shape index (κ1) is 15.1. The number of hydrogen-bond acceptors (Lipinski definition) is 2. The summed E-state index contributed by atoms with van der Waals surface area (Å²) in [6, 6.07) is 9.20. The van der Waals surface area contributed by atoms with E-state index in [-0.39, 0.29) is 11.4 Å². The Morgan fingerprint density at radius 2 is 1.95 bits per heavy atom. The first-order chi connectivity index (χ1) is 9.52. The number of benzene rings is 2. The van der Waals surface area contributed by atoms with Gasteiger partial charge >= 0.3 is 0 Å². The van der Waals surface area contributed by atoms with Crippen molar-refractivity contribution in [3.8, 4) is 5.75 Å². The third-order valence-corrected chi connectivity index (χ3v) is 3.68. The molecule has 0 bridgehead atoms. The van der Waals surface area contributed by atoms with E-state index in [1.165, 1.54) is 19.2 Å². The van der Waals surface area contributed by atoms with Crippen LogP contribution < -0.4 is 4.74 Å². The minimum absolute atomic E-state index is 0.221. The summed E-state index contributed by atoms with van der Waals surface area (Å²) in [5, 5.41) is 11.0. The van der Waals surface area contributed by atoms with Crippen molar-refractivity contribution in [2.24, 2.45) is 0 Å². The molecule has 0 radical (unpaired) electrons.